The second kappa shape index (κ2) is 5.47. The van der Waals surface area contributed by atoms with Crippen LogP contribution in [0.25, 0.3) is 0 Å². The van der Waals surface area contributed by atoms with E-state index in [-0.39, 0.29) is 0 Å². The molecule has 0 bridgehead atoms. The average Bonchev–Trinajstić information content (AvgIpc) is 1.92. The van der Waals surface area contributed by atoms with Crippen LogP contribution in [0.1, 0.15) is 19.8 Å². The summed E-state index contributed by atoms with van der Waals surface area (Å²) in [5.74, 6) is 0.999. The summed E-state index contributed by atoms with van der Waals surface area (Å²) in [7, 11) is -3.72. The van der Waals surface area contributed by atoms with Gasteiger partial charge in [0, 0.05) is 0 Å². The van der Waals surface area contributed by atoms with Crippen LogP contribution < -0.4 is 4.90 Å². The summed E-state index contributed by atoms with van der Waals surface area (Å²) in [4.78, 5) is 1.71. The second-order valence-corrected chi connectivity index (χ2v) is 3.63. The van der Waals surface area contributed by atoms with Crippen molar-refractivity contribution in [1.82, 2.24) is 0 Å². The maximum absolute atomic E-state index is 9.75. The van der Waals surface area contributed by atoms with Gasteiger partial charge in [0.05, 0.1) is 20.1 Å². The van der Waals surface area contributed by atoms with Crippen molar-refractivity contribution in [2.75, 3.05) is 20.1 Å². The molecule has 0 atom stereocenters. The Morgan fingerprint density at radius 3 is 1.62 bits per heavy atom. The summed E-state index contributed by atoms with van der Waals surface area (Å²) < 4.78 is 39.0. The topological polar surface area (TPSA) is 4.44 Å². The van der Waals surface area contributed by atoms with Crippen LogP contribution in [0.5, 0.6) is 0 Å². The minimum Gasteiger partial charge on any atom is -0.418 e. The molecule has 1 fully saturated rings. The van der Waals surface area contributed by atoms with Crippen molar-refractivity contribution in [3.63, 3.8) is 0 Å². The number of hydrogen-bond acceptors (Lipinski definition) is 0. The Balaban J connectivity index is 0.000000252. The van der Waals surface area contributed by atoms with Crippen molar-refractivity contribution in [3.05, 3.63) is 0 Å². The fourth-order valence-corrected chi connectivity index (χ4v) is 1.25. The Bertz CT molecular complexity index is 115. The first kappa shape index (κ1) is 12.7. The first-order valence-electron chi connectivity index (χ1n) is 4.47. The number of likely N-dealkylation sites (tertiary alicyclic amines) is 1. The van der Waals surface area contributed by atoms with Gasteiger partial charge in [0.25, 0.3) is 0 Å². The van der Waals surface area contributed by atoms with Crippen molar-refractivity contribution >= 4 is 7.25 Å². The molecule has 1 aliphatic heterocycles. The smallest absolute Gasteiger partial charge is 0.418 e. The molecule has 0 saturated carbocycles. The van der Waals surface area contributed by atoms with E-state index in [1.54, 1.807) is 4.90 Å². The molecule has 13 heavy (non-hydrogen) atoms. The van der Waals surface area contributed by atoms with Gasteiger partial charge < -0.3 is 22.2 Å². The molecule has 80 valence electrons. The van der Waals surface area contributed by atoms with Gasteiger partial charge in [0.15, 0.2) is 0 Å². The molecular weight excluding hydrogens is 185 g/mol. The van der Waals surface area contributed by atoms with Crippen LogP contribution in [-0.2, 0) is 0 Å². The maximum Gasteiger partial charge on any atom is 0.673 e. The normalized spacial score (nSPS) is 29.1. The van der Waals surface area contributed by atoms with Crippen molar-refractivity contribution in [1.29, 1.82) is 0 Å². The Labute approximate surface area is 76.2 Å². The number of hydrogen-bond donors (Lipinski definition) is 1. The third-order valence-corrected chi connectivity index (χ3v) is 2.13. The average molecular weight is 201 g/mol. The van der Waals surface area contributed by atoms with Crippen LogP contribution in [0, 0.1) is 5.92 Å². The van der Waals surface area contributed by atoms with Gasteiger partial charge in [0.1, 0.15) is 0 Å². The van der Waals surface area contributed by atoms with Gasteiger partial charge in [-0.15, -0.1) is 0 Å². The Morgan fingerprint density at radius 1 is 1.08 bits per heavy atom. The van der Waals surface area contributed by atoms with Gasteiger partial charge in [-0.05, 0) is 18.8 Å². The molecule has 0 unspecified atom stereocenters. The number of nitrogens with one attached hydrogen (secondary N) is 1. The third-order valence-electron chi connectivity index (χ3n) is 2.13. The van der Waals surface area contributed by atoms with E-state index < -0.39 is 7.25 Å². The van der Waals surface area contributed by atoms with Gasteiger partial charge in [-0.2, -0.15) is 0 Å². The fraction of sp³-hybridized carbons (Fsp3) is 1.00. The minimum atomic E-state index is -6.00. The number of piperidine rings is 1. The van der Waals surface area contributed by atoms with Gasteiger partial charge in [-0.25, -0.2) is 0 Å². The lowest BCUT2D eigenvalue weighted by Gasteiger charge is -2.23. The van der Waals surface area contributed by atoms with Gasteiger partial charge in [0.2, 0.25) is 0 Å². The number of quaternary nitrogens is 1. The lowest BCUT2D eigenvalue weighted by molar-refractivity contribution is -0.885. The zero-order valence-electron chi connectivity index (χ0n) is 7.99. The van der Waals surface area contributed by atoms with Crippen molar-refractivity contribution in [2.45, 2.75) is 19.8 Å². The van der Waals surface area contributed by atoms with Crippen molar-refractivity contribution < 1.29 is 22.2 Å². The first-order valence-corrected chi connectivity index (χ1v) is 4.47. The highest BCUT2D eigenvalue weighted by Crippen LogP contribution is 2.06. The van der Waals surface area contributed by atoms with Crippen molar-refractivity contribution in [2.24, 2.45) is 5.92 Å². The predicted octanol–water partition coefficient (Wildman–Crippen LogP) is 1.23. The summed E-state index contributed by atoms with van der Waals surface area (Å²) in [6.45, 7) is 5.13. The maximum atomic E-state index is 9.75. The highest BCUT2D eigenvalue weighted by molar-refractivity contribution is 6.50. The molecule has 0 aromatic heterocycles. The van der Waals surface area contributed by atoms with Crippen LogP contribution >= 0.6 is 0 Å². The van der Waals surface area contributed by atoms with Crippen LogP contribution in [0.15, 0.2) is 0 Å². The van der Waals surface area contributed by atoms with E-state index in [0.29, 0.717) is 0 Å². The van der Waals surface area contributed by atoms with Gasteiger partial charge in [-0.3, -0.25) is 0 Å². The quantitative estimate of drug-likeness (QED) is 0.444. The summed E-state index contributed by atoms with van der Waals surface area (Å²) in [6.07, 6.45) is 2.87. The summed E-state index contributed by atoms with van der Waals surface area (Å²) in [5, 5.41) is 0. The van der Waals surface area contributed by atoms with Gasteiger partial charge >= 0.3 is 7.25 Å². The fourth-order valence-electron chi connectivity index (χ4n) is 1.25. The lowest BCUT2D eigenvalue weighted by atomic mass is 10.00. The van der Waals surface area contributed by atoms with Gasteiger partial charge in [-0.1, -0.05) is 6.92 Å². The molecule has 1 heterocycles. The van der Waals surface area contributed by atoms with E-state index in [2.05, 4.69) is 14.0 Å². The second-order valence-electron chi connectivity index (χ2n) is 3.63. The molecular formula is C7H16BF4N. The Kier molecular flexibility index (Phi) is 5.36. The molecule has 1 N–H and O–H groups in total. The number of halogens is 4. The minimum absolute atomic E-state index is 0.999. The van der Waals surface area contributed by atoms with Crippen LogP contribution in [0.3, 0.4) is 0 Å². The van der Waals surface area contributed by atoms with E-state index in [1.807, 2.05) is 0 Å². The Morgan fingerprint density at radius 2 is 1.38 bits per heavy atom. The molecule has 0 aromatic rings. The first-order chi connectivity index (χ1) is 5.79. The summed E-state index contributed by atoms with van der Waals surface area (Å²) in [6, 6.07) is 0. The molecule has 1 saturated heterocycles. The number of rotatable bonds is 0. The molecule has 1 aliphatic rings. The SMILES string of the molecule is CC1CC[NH+](C)CC1.F[B-](F)(F)F. The van der Waals surface area contributed by atoms with E-state index in [9.17, 15) is 17.3 Å². The monoisotopic (exact) mass is 201 g/mol. The lowest BCUT2D eigenvalue weighted by Crippen LogP contribution is -3.10. The zero-order chi connectivity index (χ0) is 10.5. The molecule has 0 aliphatic carbocycles. The van der Waals surface area contributed by atoms with E-state index in [0.717, 1.165) is 5.92 Å². The Hall–Kier alpha value is -0.255. The highest BCUT2D eigenvalue weighted by atomic mass is 19.5. The van der Waals surface area contributed by atoms with E-state index >= 15 is 0 Å². The van der Waals surface area contributed by atoms with Crippen LogP contribution in [-0.4, -0.2) is 27.4 Å². The van der Waals surface area contributed by atoms with E-state index in [4.69, 9.17) is 0 Å². The molecule has 1 rings (SSSR count). The predicted molar refractivity (Wildman–Crippen MR) is 45.2 cm³/mol. The van der Waals surface area contributed by atoms with Crippen LogP contribution in [0.4, 0.5) is 17.3 Å². The van der Waals surface area contributed by atoms with Crippen molar-refractivity contribution in [3.8, 4) is 0 Å². The zero-order valence-corrected chi connectivity index (χ0v) is 7.99. The standard InChI is InChI=1S/C7H15N.BF4/c1-7-3-5-8(2)6-4-7;2-1(3,4)5/h7H,3-6H2,1-2H3;/q;-1/p+1. The summed E-state index contributed by atoms with van der Waals surface area (Å²) in [5.41, 5.74) is 0. The molecule has 0 amide bonds. The van der Waals surface area contributed by atoms with E-state index in [1.165, 1.54) is 25.9 Å². The molecule has 0 radical (unpaired) electrons. The highest BCUT2D eigenvalue weighted by Gasteiger charge is 2.20. The largest absolute Gasteiger partial charge is 0.673 e. The van der Waals surface area contributed by atoms with Crippen LogP contribution in [0.2, 0.25) is 0 Å². The molecule has 0 aromatic carbocycles. The summed E-state index contributed by atoms with van der Waals surface area (Å²) >= 11 is 0. The third kappa shape index (κ3) is 11.7. The molecule has 0 spiro atoms. The molecule has 1 nitrogen and oxygen atoms in total. The molecule has 6 heteroatoms.